The highest BCUT2D eigenvalue weighted by molar-refractivity contribution is 7.99. The van der Waals surface area contributed by atoms with Crippen LogP contribution in [0.15, 0.2) is 84.4 Å². The lowest BCUT2D eigenvalue weighted by atomic mass is 10.2. The summed E-state index contributed by atoms with van der Waals surface area (Å²) in [4.78, 5) is 37.5. The van der Waals surface area contributed by atoms with E-state index in [4.69, 9.17) is 5.11 Å². The molecule has 3 heterocycles. The summed E-state index contributed by atoms with van der Waals surface area (Å²) in [7, 11) is 0. The summed E-state index contributed by atoms with van der Waals surface area (Å²) in [6.45, 7) is -0.647. The van der Waals surface area contributed by atoms with Crippen molar-refractivity contribution in [2.45, 2.75) is 10.4 Å². The number of rotatable bonds is 7. The number of hydrogen-bond acceptors (Lipinski definition) is 7. The van der Waals surface area contributed by atoms with Gasteiger partial charge in [0.15, 0.2) is 0 Å². The molecule has 0 radical (unpaired) electrons. The number of fused-ring (bicyclic) bond motifs is 1. The molecule has 4 aromatic rings. The van der Waals surface area contributed by atoms with Crippen LogP contribution in [0.4, 0.5) is 5.82 Å². The smallest absolute Gasteiger partial charge is 0.259 e. The van der Waals surface area contributed by atoms with Crippen LogP contribution in [0.2, 0.25) is 0 Å². The first-order chi connectivity index (χ1) is 15.6. The fourth-order valence-corrected chi connectivity index (χ4v) is 4.13. The predicted molar refractivity (Wildman–Crippen MR) is 122 cm³/mol. The minimum Gasteiger partial charge on any atom is -0.387 e. The largest absolute Gasteiger partial charge is 0.387 e. The van der Waals surface area contributed by atoms with Crippen molar-refractivity contribution < 1.29 is 14.7 Å². The summed E-state index contributed by atoms with van der Waals surface area (Å²) in [5.74, 6) is -0.486. The molecule has 32 heavy (non-hydrogen) atoms. The molecule has 0 bridgehead atoms. The summed E-state index contributed by atoms with van der Waals surface area (Å²) in [6, 6.07) is 16.4. The quantitative estimate of drug-likeness (QED) is 0.295. The SMILES string of the molecule is O=C(CO)NC(Sc1ncccc1C(=O)Nc1cc2ccccc2cn1)c1ccncc1. The number of carbonyl (C=O) groups excluding carboxylic acids is 2. The van der Waals surface area contributed by atoms with E-state index in [2.05, 4.69) is 25.6 Å². The van der Waals surface area contributed by atoms with Crippen LogP contribution < -0.4 is 10.6 Å². The Kier molecular flexibility index (Phi) is 6.69. The number of pyridine rings is 3. The lowest BCUT2D eigenvalue weighted by Crippen LogP contribution is -2.29. The van der Waals surface area contributed by atoms with Gasteiger partial charge >= 0.3 is 0 Å². The minimum atomic E-state index is -0.647. The van der Waals surface area contributed by atoms with Crippen molar-refractivity contribution in [2.24, 2.45) is 0 Å². The molecule has 3 N–H and O–H groups in total. The topological polar surface area (TPSA) is 117 Å². The normalized spacial score (nSPS) is 11.7. The first-order valence-corrected chi connectivity index (χ1v) is 10.6. The lowest BCUT2D eigenvalue weighted by molar-refractivity contribution is -0.124. The van der Waals surface area contributed by atoms with Crippen molar-refractivity contribution in [3.63, 3.8) is 0 Å². The monoisotopic (exact) mass is 445 g/mol. The third-order valence-electron chi connectivity index (χ3n) is 4.56. The van der Waals surface area contributed by atoms with Gasteiger partial charge in [0, 0.05) is 30.2 Å². The zero-order chi connectivity index (χ0) is 22.3. The van der Waals surface area contributed by atoms with Gasteiger partial charge in [-0.1, -0.05) is 36.0 Å². The van der Waals surface area contributed by atoms with Gasteiger partial charge < -0.3 is 15.7 Å². The third-order valence-corrected chi connectivity index (χ3v) is 5.74. The van der Waals surface area contributed by atoms with Gasteiger partial charge in [-0.3, -0.25) is 14.6 Å². The van der Waals surface area contributed by atoms with E-state index in [-0.39, 0.29) is 5.91 Å². The van der Waals surface area contributed by atoms with Gasteiger partial charge in [-0.2, -0.15) is 0 Å². The fourth-order valence-electron chi connectivity index (χ4n) is 3.02. The predicted octanol–water partition coefficient (Wildman–Crippen LogP) is 3.18. The molecule has 1 unspecified atom stereocenters. The molecule has 0 aliphatic rings. The number of carbonyl (C=O) groups is 2. The molecule has 3 aromatic heterocycles. The Morgan fingerprint density at radius 2 is 1.75 bits per heavy atom. The Morgan fingerprint density at radius 1 is 0.969 bits per heavy atom. The van der Waals surface area contributed by atoms with Crippen molar-refractivity contribution in [2.75, 3.05) is 11.9 Å². The number of benzene rings is 1. The van der Waals surface area contributed by atoms with Crippen LogP contribution >= 0.6 is 11.8 Å². The zero-order valence-electron chi connectivity index (χ0n) is 16.8. The van der Waals surface area contributed by atoms with E-state index in [0.717, 1.165) is 16.3 Å². The number of thioether (sulfide) groups is 1. The molecule has 1 aromatic carbocycles. The summed E-state index contributed by atoms with van der Waals surface area (Å²) in [6.07, 6.45) is 6.48. The van der Waals surface area contributed by atoms with E-state index in [1.165, 1.54) is 11.8 Å². The highest BCUT2D eigenvalue weighted by atomic mass is 32.2. The van der Waals surface area contributed by atoms with Crippen LogP contribution in [0, 0.1) is 0 Å². The van der Waals surface area contributed by atoms with Crippen LogP contribution in [-0.2, 0) is 4.79 Å². The molecule has 1 atom stereocenters. The van der Waals surface area contributed by atoms with Gasteiger partial charge in [-0.25, -0.2) is 9.97 Å². The molecule has 4 rings (SSSR count). The Morgan fingerprint density at radius 3 is 2.53 bits per heavy atom. The molecule has 160 valence electrons. The molecule has 2 amide bonds. The Balaban J connectivity index is 1.59. The molecular weight excluding hydrogens is 426 g/mol. The van der Waals surface area contributed by atoms with Crippen molar-refractivity contribution in [3.05, 3.63) is 90.5 Å². The van der Waals surface area contributed by atoms with Crippen molar-refractivity contribution >= 4 is 40.2 Å². The third kappa shape index (κ3) is 5.08. The molecule has 0 saturated carbocycles. The maximum atomic E-state index is 13.0. The number of amides is 2. The Hall–Kier alpha value is -3.82. The van der Waals surface area contributed by atoms with E-state index < -0.39 is 17.9 Å². The molecule has 0 aliphatic heterocycles. The van der Waals surface area contributed by atoms with E-state index in [9.17, 15) is 9.59 Å². The van der Waals surface area contributed by atoms with Gasteiger partial charge in [-0.05, 0) is 41.3 Å². The Labute approximate surface area is 188 Å². The van der Waals surface area contributed by atoms with Gasteiger partial charge in [0.05, 0.1) is 5.56 Å². The maximum Gasteiger partial charge on any atom is 0.259 e. The number of nitrogens with zero attached hydrogens (tertiary/aromatic N) is 3. The summed E-state index contributed by atoms with van der Waals surface area (Å²) < 4.78 is 0. The zero-order valence-corrected chi connectivity index (χ0v) is 17.6. The van der Waals surface area contributed by atoms with Crippen LogP contribution in [0.3, 0.4) is 0 Å². The second kappa shape index (κ2) is 9.99. The molecule has 0 spiro atoms. The van der Waals surface area contributed by atoms with Crippen LogP contribution in [0.25, 0.3) is 10.8 Å². The number of aliphatic hydroxyl groups excluding tert-OH is 1. The Bertz CT molecular complexity index is 1250. The molecule has 9 heteroatoms. The van der Waals surface area contributed by atoms with Gasteiger partial charge in [-0.15, -0.1) is 0 Å². The van der Waals surface area contributed by atoms with Crippen LogP contribution in [0.1, 0.15) is 21.3 Å². The van der Waals surface area contributed by atoms with Gasteiger partial charge in [0.2, 0.25) is 5.91 Å². The maximum absolute atomic E-state index is 13.0. The summed E-state index contributed by atoms with van der Waals surface area (Å²) in [5, 5.41) is 16.5. The standard InChI is InChI=1S/C23H19N5O3S/c29-14-20(30)28-22(15-7-10-24-11-8-15)32-23-18(6-3-9-25-23)21(31)27-19-12-16-4-1-2-5-17(16)13-26-19/h1-13,22,29H,14H2,(H,28,30)(H,26,27,31). The number of aliphatic hydroxyl groups is 1. The second-order valence-electron chi connectivity index (χ2n) is 6.73. The van der Waals surface area contributed by atoms with E-state index in [1.807, 2.05) is 24.3 Å². The highest BCUT2D eigenvalue weighted by Crippen LogP contribution is 2.34. The molecule has 0 fully saturated rings. The van der Waals surface area contributed by atoms with Crippen molar-refractivity contribution in [1.29, 1.82) is 0 Å². The fraction of sp³-hybridized carbons (Fsp3) is 0.0870. The second-order valence-corrected chi connectivity index (χ2v) is 7.82. The van der Waals surface area contributed by atoms with Gasteiger partial charge in [0.25, 0.3) is 5.91 Å². The molecule has 0 aliphatic carbocycles. The van der Waals surface area contributed by atoms with Crippen LogP contribution in [0.5, 0.6) is 0 Å². The number of hydrogen-bond donors (Lipinski definition) is 3. The average Bonchev–Trinajstić information content (AvgIpc) is 2.84. The molecule has 0 saturated heterocycles. The average molecular weight is 446 g/mol. The van der Waals surface area contributed by atoms with Gasteiger partial charge in [0.1, 0.15) is 22.8 Å². The van der Waals surface area contributed by atoms with E-state index in [0.29, 0.717) is 16.4 Å². The highest BCUT2D eigenvalue weighted by Gasteiger charge is 2.21. The molecular formula is C23H19N5O3S. The van der Waals surface area contributed by atoms with E-state index in [1.54, 1.807) is 55.1 Å². The lowest BCUT2D eigenvalue weighted by Gasteiger charge is -2.19. The first kappa shape index (κ1) is 21.4. The first-order valence-electron chi connectivity index (χ1n) is 9.72. The van der Waals surface area contributed by atoms with Crippen LogP contribution in [-0.4, -0.2) is 38.5 Å². The number of nitrogens with one attached hydrogen (secondary N) is 2. The number of aromatic nitrogens is 3. The van der Waals surface area contributed by atoms with Crippen molar-refractivity contribution in [1.82, 2.24) is 20.3 Å². The minimum absolute atomic E-state index is 0.338. The van der Waals surface area contributed by atoms with E-state index >= 15 is 0 Å². The summed E-state index contributed by atoms with van der Waals surface area (Å²) in [5.41, 5.74) is 1.09. The number of anilines is 1. The molecule has 8 nitrogen and oxygen atoms in total. The summed E-state index contributed by atoms with van der Waals surface area (Å²) >= 11 is 1.19. The van der Waals surface area contributed by atoms with Crippen molar-refractivity contribution in [3.8, 4) is 0 Å².